The fourth-order valence-corrected chi connectivity index (χ4v) is 1.44. The summed E-state index contributed by atoms with van der Waals surface area (Å²) in [5.41, 5.74) is -0.358. The number of nitrogens with one attached hydrogen (secondary N) is 1. The van der Waals surface area contributed by atoms with Gasteiger partial charge in [-0.05, 0) is 24.6 Å². The summed E-state index contributed by atoms with van der Waals surface area (Å²) in [5.74, 6) is -15.3. The van der Waals surface area contributed by atoms with Gasteiger partial charge < -0.3 is 5.32 Å². The van der Waals surface area contributed by atoms with Crippen molar-refractivity contribution in [2.45, 2.75) is 24.9 Å². The van der Waals surface area contributed by atoms with Crippen LogP contribution in [0.3, 0.4) is 0 Å². The van der Waals surface area contributed by atoms with Crippen molar-refractivity contribution in [1.82, 2.24) is 0 Å². The van der Waals surface area contributed by atoms with E-state index in [1.807, 2.05) is 0 Å². The molecule has 118 valence electrons. The summed E-state index contributed by atoms with van der Waals surface area (Å²) in [6.45, 7) is 1.26. The highest BCUT2D eigenvalue weighted by atomic mass is 35.5. The Balaban J connectivity index is 3.11. The maximum absolute atomic E-state index is 13.1. The van der Waals surface area contributed by atoms with Crippen LogP contribution in [0.4, 0.5) is 36.4 Å². The van der Waals surface area contributed by atoms with Crippen LogP contribution in [0.5, 0.6) is 0 Å². The van der Waals surface area contributed by atoms with Crippen LogP contribution < -0.4 is 5.32 Å². The van der Waals surface area contributed by atoms with E-state index >= 15 is 0 Å². The van der Waals surface area contributed by atoms with Gasteiger partial charge in [-0.25, -0.2) is 0 Å². The minimum atomic E-state index is -6.57. The Hall–Kier alpha value is -1.51. The molecule has 1 aromatic rings. The van der Waals surface area contributed by atoms with E-state index in [4.69, 9.17) is 11.6 Å². The van der Waals surface area contributed by atoms with Gasteiger partial charge >= 0.3 is 23.9 Å². The van der Waals surface area contributed by atoms with Crippen LogP contribution in [0.15, 0.2) is 18.2 Å². The van der Waals surface area contributed by atoms with E-state index in [0.717, 1.165) is 6.07 Å². The Labute approximate surface area is 118 Å². The third-order valence-corrected chi connectivity index (χ3v) is 2.96. The van der Waals surface area contributed by atoms with Crippen molar-refractivity contribution in [1.29, 1.82) is 0 Å². The molecule has 1 aromatic carbocycles. The SMILES string of the molecule is Cc1c(Cl)cccc1NC(=O)C(F)(F)C(F)(F)C(F)(F)F. The van der Waals surface area contributed by atoms with Gasteiger partial charge in [0.15, 0.2) is 0 Å². The molecule has 2 nitrogen and oxygen atoms in total. The van der Waals surface area contributed by atoms with Crippen LogP contribution in [0, 0.1) is 6.92 Å². The Kier molecular flexibility index (Phi) is 4.48. The Morgan fingerprint density at radius 3 is 2.10 bits per heavy atom. The maximum Gasteiger partial charge on any atom is 0.460 e. The fourth-order valence-electron chi connectivity index (χ4n) is 1.26. The first-order chi connectivity index (χ1) is 9.32. The number of hydrogen-bond acceptors (Lipinski definition) is 1. The molecule has 0 fully saturated rings. The molecule has 0 saturated carbocycles. The minimum absolute atomic E-state index is 0.0127. The molecule has 0 unspecified atom stereocenters. The number of halogens is 8. The third-order valence-electron chi connectivity index (χ3n) is 2.55. The Morgan fingerprint density at radius 1 is 1.10 bits per heavy atom. The van der Waals surface area contributed by atoms with Crippen molar-refractivity contribution in [2.75, 3.05) is 5.32 Å². The molecule has 10 heteroatoms. The molecule has 0 aliphatic carbocycles. The monoisotopic (exact) mass is 337 g/mol. The molecule has 0 bridgehead atoms. The smallest absolute Gasteiger partial charge is 0.320 e. The zero-order valence-electron chi connectivity index (χ0n) is 10.2. The van der Waals surface area contributed by atoms with Crippen LogP contribution in [0.25, 0.3) is 0 Å². The summed E-state index contributed by atoms with van der Waals surface area (Å²) >= 11 is 5.61. The topological polar surface area (TPSA) is 29.1 Å². The van der Waals surface area contributed by atoms with Gasteiger partial charge in [-0.2, -0.15) is 30.7 Å². The molecule has 0 aliphatic heterocycles. The Bertz CT molecular complexity index is 556. The van der Waals surface area contributed by atoms with Crippen molar-refractivity contribution in [2.24, 2.45) is 0 Å². The predicted octanol–water partition coefficient (Wildman–Crippen LogP) is 4.42. The van der Waals surface area contributed by atoms with E-state index < -0.39 is 29.6 Å². The lowest BCUT2D eigenvalue weighted by Crippen LogP contribution is -2.57. The van der Waals surface area contributed by atoms with Gasteiger partial charge in [0.1, 0.15) is 0 Å². The van der Waals surface area contributed by atoms with E-state index in [2.05, 4.69) is 0 Å². The fraction of sp³-hybridized carbons (Fsp3) is 0.364. The largest absolute Gasteiger partial charge is 0.460 e. The van der Waals surface area contributed by atoms with Crippen molar-refractivity contribution >= 4 is 23.2 Å². The lowest BCUT2D eigenvalue weighted by atomic mass is 10.1. The average Bonchev–Trinajstić information content (AvgIpc) is 2.33. The highest BCUT2D eigenvalue weighted by molar-refractivity contribution is 6.31. The number of anilines is 1. The van der Waals surface area contributed by atoms with E-state index in [1.54, 1.807) is 0 Å². The molecule has 0 atom stereocenters. The summed E-state index contributed by atoms with van der Waals surface area (Å²) in [6.07, 6.45) is -6.57. The lowest BCUT2D eigenvalue weighted by Gasteiger charge is -2.27. The summed E-state index contributed by atoms with van der Waals surface area (Å²) < 4.78 is 87.4. The molecule has 1 rings (SSSR count). The van der Waals surface area contributed by atoms with E-state index in [9.17, 15) is 35.5 Å². The summed E-state index contributed by atoms with van der Waals surface area (Å²) in [6, 6.07) is 3.54. The molecule has 0 saturated heterocycles. The molecule has 0 aromatic heterocycles. The number of rotatable bonds is 3. The summed E-state index contributed by atoms with van der Waals surface area (Å²) in [7, 11) is 0. The molecule has 1 amide bonds. The summed E-state index contributed by atoms with van der Waals surface area (Å²) in [5, 5.41) is 1.33. The molecule has 0 heterocycles. The molecule has 0 radical (unpaired) electrons. The molecule has 0 aliphatic rings. The van der Waals surface area contributed by atoms with Gasteiger partial charge in [-0.15, -0.1) is 0 Å². The van der Waals surface area contributed by atoms with Crippen molar-refractivity contribution in [3.8, 4) is 0 Å². The standard InChI is InChI=1S/C11H7ClF7NO/c1-5-6(12)3-2-4-7(5)20-8(21)9(13,14)10(15,16)11(17,18)19/h2-4H,1H3,(H,20,21). The summed E-state index contributed by atoms with van der Waals surface area (Å²) in [4.78, 5) is 11.1. The van der Waals surface area contributed by atoms with Gasteiger partial charge in [0.25, 0.3) is 0 Å². The van der Waals surface area contributed by atoms with Crippen molar-refractivity contribution < 1.29 is 35.5 Å². The van der Waals surface area contributed by atoms with E-state index in [1.165, 1.54) is 24.4 Å². The van der Waals surface area contributed by atoms with Gasteiger partial charge in [0.2, 0.25) is 0 Å². The van der Waals surface area contributed by atoms with Crippen molar-refractivity contribution in [3.63, 3.8) is 0 Å². The average molecular weight is 338 g/mol. The van der Waals surface area contributed by atoms with Gasteiger partial charge in [0, 0.05) is 10.7 Å². The highest BCUT2D eigenvalue weighted by Gasteiger charge is 2.76. The molecule has 0 spiro atoms. The van der Waals surface area contributed by atoms with Crippen LogP contribution in [0.1, 0.15) is 5.56 Å². The third kappa shape index (κ3) is 3.07. The highest BCUT2D eigenvalue weighted by Crippen LogP contribution is 2.47. The van der Waals surface area contributed by atoms with Crippen molar-refractivity contribution in [3.05, 3.63) is 28.8 Å². The number of amides is 1. The molecular formula is C11H7ClF7NO. The van der Waals surface area contributed by atoms with Gasteiger partial charge in [-0.1, -0.05) is 17.7 Å². The number of carbonyl (C=O) groups is 1. The van der Waals surface area contributed by atoms with Gasteiger partial charge in [-0.3, -0.25) is 4.79 Å². The molecule has 21 heavy (non-hydrogen) atoms. The lowest BCUT2D eigenvalue weighted by molar-refractivity contribution is -0.343. The number of alkyl halides is 7. The van der Waals surface area contributed by atoms with Crippen LogP contribution in [-0.2, 0) is 4.79 Å². The first kappa shape index (κ1) is 17.5. The number of benzene rings is 1. The predicted molar refractivity (Wildman–Crippen MR) is 60.8 cm³/mol. The number of carbonyl (C=O) groups excluding carboxylic acids is 1. The van der Waals surface area contributed by atoms with E-state index in [-0.39, 0.29) is 10.6 Å². The zero-order chi connectivity index (χ0) is 16.6. The van der Waals surface area contributed by atoms with Gasteiger partial charge in [0.05, 0.1) is 0 Å². The quantitative estimate of drug-likeness (QED) is 0.813. The molecular weight excluding hydrogens is 331 g/mol. The first-order valence-electron chi connectivity index (χ1n) is 5.21. The van der Waals surface area contributed by atoms with Crippen LogP contribution >= 0.6 is 11.6 Å². The Morgan fingerprint density at radius 2 is 1.62 bits per heavy atom. The normalized spacial score (nSPS) is 13.2. The second kappa shape index (κ2) is 5.36. The second-order valence-electron chi connectivity index (χ2n) is 4.01. The molecule has 1 N–H and O–H groups in total. The second-order valence-corrected chi connectivity index (χ2v) is 4.42. The zero-order valence-corrected chi connectivity index (χ0v) is 10.9. The van der Waals surface area contributed by atoms with Crippen LogP contribution in [0.2, 0.25) is 5.02 Å². The van der Waals surface area contributed by atoms with Crippen LogP contribution in [-0.4, -0.2) is 23.9 Å². The minimum Gasteiger partial charge on any atom is -0.320 e. The van der Waals surface area contributed by atoms with E-state index in [0.29, 0.717) is 0 Å². The maximum atomic E-state index is 13.1. The number of hydrogen-bond donors (Lipinski definition) is 1. The first-order valence-corrected chi connectivity index (χ1v) is 5.59.